The van der Waals surface area contributed by atoms with E-state index >= 15 is 0 Å². The minimum atomic E-state index is -0.0365. The van der Waals surface area contributed by atoms with Gasteiger partial charge in [-0.05, 0) is 23.4 Å². The molecule has 25 heavy (non-hydrogen) atoms. The molecule has 0 atom stereocenters. The minimum absolute atomic E-state index is 0.0365. The predicted octanol–water partition coefficient (Wildman–Crippen LogP) is 1.64. The first-order chi connectivity index (χ1) is 12.3. The van der Waals surface area contributed by atoms with E-state index < -0.39 is 0 Å². The van der Waals surface area contributed by atoms with Crippen LogP contribution in [-0.2, 0) is 24.2 Å². The highest BCUT2D eigenvalue weighted by molar-refractivity contribution is 7.09. The number of thiophene rings is 1. The maximum absolute atomic E-state index is 12.4. The third kappa shape index (κ3) is 3.74. The van der Waals surface area contributed by atoms with Gasteiger partial charge in [-0.1, -0.05) is 6.07 Å². The standard InChI is InChI=1S/C17H21N5O2S/c23-17(19-11-14-2-1-9-25-14)22-4-3-13-10-18-16(20-15(13)12-22)21-5-7-24-8-6-21/h1-2,9-10H,3-8,11-12H2,(H,19,23). The third-order valence-electron chi connectivity index (χ3n) is 4.51. The molecule has 0 aliphatic carbocycles. The number of ether oxygens (including phenoxy) is 1. The highest BCUT2D eigenvalue weighted by Gasteiger charge is 2.23. The number of fused-ring (bicyclic) bond motifs is 1. The van der Waals surface area contributed by atoms with Crippen molar-refractivity contribution in [3.63, 3.8) is 0 Å². The van der Waals surface area contributed by atoms with Crippen LogP contribution in [-0.4, -0.2) is 53.7 Å². The molecule has 0 unspecified atom stereocenters. The fourth-order valence-corrected chi connectivity index (χ4v) is 3.71. The van der Waals surface area contributed by atoms with Crippen molar-refractivity contribution in [3.05, 3.63) is 39.8 Å². The van der Waals surface area contributed by atoms with Crippen molar-refractivity contribution in [2.24, 2.45) is 0 Å². The summed E-state index contributed by atoms with van der Waals surface area (Å²) in [5.41, 5.74) is 2.09. The van der Waals surface area contributed by atoms with Crippen molar-refractivity contribution >= 4 is 23.3 Å². The number of urea groups is 1. The molecule has 0 radical (unpaired) electrons. The summed E-state index contributed by atoms with van der Waals surface area (Å²) in [6, 6.07) is 3.98. The fraction of sp³-hybridized carbons (Fsp3) is 0.471. The predicted molar refractivity (Wildman–Crippen MR) is 95.7 cm³/mol. The molecule has 0 bridgehead atoms. The number of carbonyl (C=O) groups excluding carboxylic acids is 1. The fourth-order valence-electron chi connectivity index (χ4n) is 3.07. The average Bonchev–Trinajstić information content (AvgIpc) is 3.19. The van der Waals surface area contributed by atoms with Gasteiger partial charge in [0.1, 0.15) is 0 Å². The SMILES string of the molecule is O=C(NCc1cccs1)N1CCc2cnc(N3CCOCC3)nc2C1. The van der Waals surface area contributed by atoms with Crippen molar-refractivity contribution in [3.8, 4) is 0 Å². The van der Waals surface area contributed by atoms with Gasteiger partial charge in [0, 0.05) is 30.7 Å². The quantitative estimate of drug-likeness (QED) is 0.902. The number of amides is 2. The highest BCUT2D eigenvalue weighted by atomic mass is 32.1. The summed E-state index contributed by atoms with van der Waals surface area (Å²) in [6.07, 6.45) is 2.71. The van der Waals surface area contributed by atoms with Crippen LogP contribution >= 0.6 is 11.3 Å². The van der Waals surface area contributed by atoms with Gasteiger partial charge < -0.3 is 19.9 Å². The third-order valence-corrected chi connectivity index (χ3v) is 5.38. The molecule has 132 valence electrons. The first-order valence-corrected chi connectivity index (χ1v) is 9.40. The summed E-state index contributed by atoms with van der Waals surface area (Å²) >= 11 is 1.65. The van der Waals surface area contributed by atoms with Crippen LogP contribution in [0.25, 0.3) is 0 Å². The second-order valence-electron chi connectivity index (χ2n) is 6.15. The number of nitrogens with zero attached hydrogens (tertiary/aromatic N) is 4. The molecule has 0 aromatic carbocycles. The van der Waals surface area contributed by atoms with E-state index in [0.717, 1.165) is 41.6 Å². The highest BCUT2D eigenvalue weighted by Crippen LogP contribution is 2.20. The molecule has 2 aliphatic heterocycles. The van der Waals surface area contributed by atoms with E-state index in [0.29, 0.717) is 32.8 Å². The average molecular weight is 359 g/mol. The van der Waals surface area contributed by atoms with Crippen LogP contribution in [0.15, 0.2) is 23.7 Å². The Morgan fingerprint density at radius 3 is 3.00 bits per heavy atom. The summed E-state index contributed by atoms with van der Waals surface area (Å²) in [4.78, 5) is 26.8. The van der Waals surface area contributed by atoms with Crippen molar-refractivity contribution in [1.82, 2.24) is 20.2 Å². The summed E-state index contributed by atoms with van der Waals surface area (Å²) < 4.78 is 5.38. The Hall–Kier alpha value is -2.19. The van der Waals surface area contributed by atoms with Gasteiger partial charge in [-0.3, -0.25) is 0 Å². The van der Waals surface area contributed by atoms with E-state index in [1.54, 1.807) is 11.3 Å². The van der Waals surface area contributed by atoms with E-state index in [4.69, 9.17) is 9.72 Å². The zero-order chi connectivity index (χ0) is 17.1. The molecule has 4 rings (SSSR count). The van der Waals surface area contributed by atoms with Crippen molar-refractivity contribution in [2.75, 3.05) is 37.7 Å². The summed E-state index contributed by atoms with van der Waals surface area (Å²) in [5, 5.41) is 5.01. The largest absolute Gasteiger partial charge is 0.378 e. The second kappa shape index (κ2) is 7.37. The lowest BCUT2D eigenvalue weighted by Gasteiger charge is -2.30. The van der Waals surface area contributed by atoms with Gasteiger partial charge in [0.15, 0.2) is 0 Å². The lowest BCUT2D eigenvalue weighted by Crippen LogP contribution is -2.43. The van der Waals surface area contributed by atoms with Gasteiger partial charge >= 0.3 is 6.03 Å². The summed E-state index contributed by atoms with van der Waals surface area (Å²) in [6.45, 7) is 4.83. The summed E-state index contributed by atoms with van der Waals surface area (Å²) in [5.74, 6) is 0.739. The van der Waals surface area contributed by atoms with Crippen LogP contribution in [0.1, 0.15) is 16.1 Å². The molecule has 4 heterocycles. The molecule has 7 nitrogen and oxygen atoms in total. The van der Waals surface area contributed by atoms with E-state index in [-0.39, 0.29) is 6.03 Å². The minimum Gasteiger partial charge on any atom is -0.378 e. The Morgan fingerprint density at radius 1 is 1.32 bits per heavy atom. The number of nitrogens with one attached hydrogen (secondary N) is 1. The van der Waals surface area contributed by atoms with E-state index in [1.807, 2.05) is 28.6 Å². The zero-order valence-corrected chi connectivity index (χ0v) is 14.8. The first-order valence-electron chi connectivity index (χ1n) is 8.52. The first kappa shape index (κ1) is 16.3. The smallest absolute Gasteiger partial charge is 0.318 e. The van der Waals surface area contributed by atoms with E-state index in [1.165, 1.54) is 0 Å². The molecule has 2 aromatic rings. The second-order valence-corrected chi connectivity index (χ2v) is 7.18. The van der Waals surface area contributed by atoms with Gasteiger partial charge in [0.25, 0.3) is 0 Å². The number of hydrogen-bond donors (Lipinski definition) is 1. The van der Waals surface area contributed by atoms with Crippen LogP contribution in [0.3, 0.4) is 0 Å². The van der Waals surface area contributed by atoms with Gasteiger partial charge in [-0.15, -0.1) is 11.3 Å². The van der Waals surface area contributed by atoms with Crippen LogP contribution in [0.5, 0.6) is 0 Å². The Labute approximate surface area is 150 Å². The van der Waals surface area contributed by atoms with Gasteiger partial charge in [0.2, 0.25) is 5.95 Å². The van der Waals surface area contributed by atoms with E-state index in [9.17, 15) is 4.79 Å². The zero-order valence-electron chi connectivity index (χ0n) is 14.0. The van der Waals surface area contributed by atoms with Crippen LogP contribution in [0.2, 0.25) is 0 Å². The Bertz CT molecular complexity index is 731. The van der Waals surface area contributed by atoms with Gasteiger partial charge in [-0.25, -0.2) is 14.8 Å². The number of rotatable bonds is 3. The van der Waals surface area contributed by atoms with Gasteiger partial charge in [-0.2, -0.15) is 0 Å². The topological polar surface area (TPSA) is 70.6 Å². The van der Waals surface area contributed by atoms with Crippen molar-refractivity contribution < 1.29 is 9.53 Å². The van der Waals surface area contributed by atoms with Crippen LogP contribution in [0, 0.1) is 0 Å². The van der Waals surface area contributed by atoms with Crippen LogP contribution < -0.4 is 10.2 Å². The number of hydrogen-bond acceptors (Lipinski definition) is 6. The van der Waals surface area contributed by atoms with Crippen LogP contribution in [0.4, 0.5) is 10.7 Å². The summed E-state index contributed by atoms with van der Waals surface area (Å²) in [7, 11) is 0. The molecular weight excluding hydrogens is 338 g/mol. The van der Waals surface area contributed by atoms with Crippen molar-refractivity contribution in [1.29, 1.82) is 0 Å². The maximum atomic E-state index is 12.4. The number of carbonyl (C=O) groups is 1. The Kier molecular flexibility index (Phi) is 4.80. The molecule has 2 aliphatic rings. The molecule has 1 N–H and O–H groups in total. The number of morpholine rings is 1. The monoisotopic (exact) mass is 359 g/mol. The molecular formula is C17H21N5O2S. The molecule has 2 amide bonds. The molecule has 2 aromatic heterocycles. The molecule has 0 saturated carbocycles. The number of aromatic nitrogens is 2. The van der Waals surface area contributed by atoms with Gasteiger partial charge in [0.05, 0.1) is 32.0 Å². The normalized spacial score (nSPS) is 17.3. The molecule has 0 spiro atoms. The number of anilines is 1. The van der Waals surface area contributed by atoms with E-state index in [2.05, 4.69) is 15.2 Å². The molecule has 1 fully saturated rings. The maximum Gasteiger partial charge on any atom is 0.318 e. The molecule has 8 heteroatoms. The molecule has 1 saturated heterocycles. The Balaban J connectivity index is 1.41. The van der Waals surface area contributed by atoms with Crippen molar-refractivity contribution in [2.45, 2.75) is 19.5 Å². The Morgan fingerprint density at radius 2 is 2.20 bits per heavy atom. The lowest BCUT2D eigenvalue weighted by atomic mass is 10.1. The lowest BCUT2D eigenvalue weighted by molar-refractivity contribution is 0.122.